The highest BCUT2D eigenvalue weighted by Gasteiger charge is 2.43. The van der Waals surface area contributed by atoms with Crippen molar-refractivity contribution in [1.82, 2.24) is 0 Å². The van der Waals surface area contributed by atoms with Gasteiger partial charge in [0.2, 0.25) is 5.91 Å². The first-order valence-corrected chi connectivity index (χ1v) is 9.98. The van der Waals surface area contributed by atoms with Gasteiger partial charge in [-0.1, -0.05) is 29.8 Å². The highest BCUT2D eigenvalue weighted by atomic mass is 35.5. The molecule has 0 aromatic heterocycles. The number of amides is 1. The predicted octanol–water partition coefficient (Wildman–Crippen LogP) is 4.44. The first-order valence-electron chi connectivity index (χ1n) is 9.60. The standard InChI is InChI=1S/C22H26ClNO4/c1-2-26-15-16-28-18-9-7-17(8-10-18)24-21(25)22(11-13-27-14-12-22)19-5-3-4-6-20(19)23/h3-10H,2,11-16H2,1H3,(H,24,25). The lowest BCUT2D eigenvalue weighted by Gasteiger charge is -2.36. The van der Waals surface area contributed by atoms with Gasteiger partial charge in [-0.25, -0.2) is 0 Å². The number of carbonyl (C=O) groups is 1. The Bertz CT molecular complexity index is 772. The molecular formula is C22H26ClNO4. The maximum atomic E-state index is 13.3. The van der Waals surface area contributed by atoms with Gasteiger partial charge in [-0.05, 0) is 55.7 Å². The number of hydrogen-bond acceptors (Lipinski definition) is 4. The lowest BCUT2D eigenvalue weighted by Crippen LogP contribution is -2.45. The van der Waals surface area contributed by atoms with E-state index in [0.717, 1.165) is 17.0 Å². The molecule has 3 rings (SSSR count). The van der Waals surface area contributed by atoms with Gasteiger partial charge >= 0.3 is 0 Å². The summed E-state index contributed by atoms with van der Waals surface area (Å²) in [6.45, 7) is 4.74. The van der Waals surface area contributed by atoms with Crippen molar-refractivity contribution in [3.8, 4) is 5.75 Å². The molecule has 6 heteroatoms. The molecule has 0 unspecified atom stereocenters. The first-order chi connectivity index (χ1) is 13.7. The fraction of sp³-hybridized carbons (Fsp3) is 0.409. The average Bonchev–Trinajstić information content (AvgIpc) is 2.73. The number of benzene rings is 2. The van der Waals surface area contributed by atoms with Gasteiger partial charge in [0.1, 0.15) is 12.4 Å². The molecule has 1 fully saturated rings. The Kier molecular flexibility index (Phi) is 7.31. The van der Waals surface area contributed by atoms with E-state index in [0.29, 0.717) is 50.9 Å². The minimum absolute atomic E-state index is 0.0612. The van der Waals surface area contributed by atoms with Crippen LogP contribution in [0.15, 0.2) is 48.5 Å². The quantitative estimate of drug-likeness (QED) is 0.662. The van der Waals surface area contributed by atoms with Crippen molar-refractivity contribution in [2.75, 3.05) is 38.4 Å². The van der Waals surface area contributed by atoms with E-state index in [1.165, 1.54) is 0 Å². The van der Waals surface area contributed by atoms with E-state index in [1.807, 2.05) is 55.5 Å². The van der Waals surface area contributed by atoms with Crippen LogP contribution >= 0.6 is 11.6 Å². The Morgan fingerprint density at radius 2 is 1.82 bits per heavy atom. The van der Waals surface area contributed by atoms with E-state index in [4.69, 9.17) is 25.8 Å². The Hall–Kier alpha value is -2.08. The van der Waals surface area contributed by atoms with Crippen LogP contribution in [0.1, 0.15) is 25.3 Å². The van der Waals surface area contributed by atoms with Gasteiger partial charge in [0.15, 0.2) is 0 Å². The van der Waals surface area contributed by atoms with Crippen LogP contribution in [0.4, 0.5) is 5.69 Å². The summed E-state index contributed by atoms with van der Waals surface area (Å²) in [6, 6.07) is 14.9. The molecular weight excluding hydrogens is 378 g/mol. The molecule has 1 aliphatic rings. The summed E-state index contributed by atoms with van der Waals surface area (Å²) in [5.41, 5.74) is 0.886. The second kappa shape index (κ2) is 9.92. The molecule has 2 aromatic rings. The maximum absolute atomic E-state index is 13.3. The molecule has 1 heterocycles. The second-order valence-electron chi connectivity index (χ2n) is 6.70. The molecule has 0 spiro atoms. The van der Waals surface area contributed by atoms with Gasteiger partial charge in [-0.15, -0.1) is 0 Å². The molecule has 28 heavy (non-hydrogen) atoms. The van der Waals surface area contributed by atoms with E-state index in [2.05, 4.69) is 5.32 Å². The number of halogens is 1. The highest BCUT2D eigenvalue weighted by molar-refractivity contribution is 6.31. The summed E-state index contributed by atoms with van der Waals surface area (Å²) in [4.78, 5) is 13.3. The SMILES string of the molecule is CCOCCOc1ccc(NC(=O)C2(c3ccccc3Cl)CCOCC2)cc1. The molecule has 0 bridgehead atoms. The van der Waals surface area contributed by atoms with Crippen LogP contribution in [-0.4, -0.2) is 38.9 Å². The molecule has 150 valence electrons. The zero-order valence-corrected chi connectivity index (χ0v) is 16.8. The minimum atomic E-state index is -0.691. The molecule has 0 aliphatic carbocycles. The van der Waals surface area contributed by atoms with Crippen LogP contribution in [0.3, 0.4) is 0 Å². The van der Waals surface area contributed by atoms with Gasteiger partial charge in [-0.3, -0.25) is 4.79 Å². The fourth-order valence-corrected chi connectivity index (χ4v) is 3.75. The van der Waals surface area contributed by atoms with E-state index in [9.17, 15) is 4.79 Å². The van der Waals surface area contributed by atoms with Gasteiger partial charge in [0.05, 0.1) is 12.0 Å². The molecule has 0 atom stereocenters. The summed E-state index contributed by atoms with van der Waals surface area (Å²) in [6.07, 6.45) is 1.20. The van der Waals surface area contributed by atoms with Gasteiger partial charge in [-0.2, -0.15) is 0 Å². The van der Waals surface area contributed by atoms with Crippen molar-refractivity contribution < 1.29 is 19.0 Å². The molecule has 0 radical (unpaired) electrons. The highest BCUT2D eigenvalue weighted by Crippen LogP contribution is 2.39. The van der Waals surface area contributed by atoms with E-state index in [-0.39, 0.29) is 5.91 Å². The maximum Gasteiger partial charge on any atom is 0.235 e. The number of hydrogen-bond donors (Lipinski definition) is 1. The summed E-state index contributed by atoms with van der Waals surface area (Å²) in [5.74, 6) is 0.679. The van der Waals surface area contributed by atoms with E-state index >= 15 is 0 Å². The molecule has 1 N–H and O–H groups in total. The van der Waals surface area contributed by atoms with Crippen LogP contribution in [0, 0.1) is 0 Å². The summed E-state index contributed by atoms with van der Waals surface area (Å²) < 4.78 is 16.4. The van der Waals surface area contributed by atoms with Crippen molar-refractivity contribution in [2.45, 2.75) is 25.2 Å². The van der Waals surface area contributed by atoms with Crippen LogP contribution in [0.2, 0.25) is 5.02 Å². The molecule has 2 aromatic carbocycles. The largest absolute Gasteiger partial charge is 0.491 e. The van der Waals surface area contributed by atoms with Gasteiger partial charge in [0, 0.05) is 30.5 Å². The number of nitrogens with one attached hydrogen (secondary N) is 1. The normalized spacial score (nSPS) is 15.8. The Balaban J connectivity index is 1.71. The average molecular weight is 404 g/mol. The number of rotatable bonds is 8. The number of anilines is 1. The lowest BCUT2D eigenvalue weighted by molar-refractivity contribution is -0.125. The van der Waals surface area contributed by atoms with Crippen molar-refractivity contribution >= 4 is 23.2 Å². The van der Waals surface area contributed by atoms with Crippen LogP contribution < -0.4 is 10.1 Å². The molecule has 1 saturated heterocycles. The zero-order chi connectivity index (χ0) is 19.8. The third-order valence-electron chi connectivity index (χ3n) is 4.98. The number of ether oxygens (including phenoxy) is 3. The molecule has 1 aliphatic heterocycles. The Labute approximate surface area is 170 Å². The van der Waals surface area contributed by atoms with E-state index < -0.39 is 5.41 Å². The second-order valence-corrected chi connectivity index (χ2v) is 7.11. The summed E-state index contributed by atoms with van der Waals surface area (Å²) in [5, 5.41) is 3.66. The fourth-order valence-electron chi connectivity index (χ4n) is 3.44. The van der Waals surface area contributed by atoms with Crippen molar-refractivity contribution in [1.29, 1.82) is 0 Å². The van der Waals surface area contributed by atoms with Crippen LogP contribution in [0.5, 0.6) is 5.75 Å². The Morgan fingerprint density at radius 1 is 1.11 bits per heavy atom. The van der Waals surface area contributed by atoms with E-state index in [1.54, 1.807) is 0 Å². The predicted molar refractivity (Wildman–Crippen MR) is 110 cm³/mol. The van der Waals surface area contributed by atoms with Crippen molar-refractivity contribution in [3.05, 3.63) is 59.1 Å². The van der Waals surface area contributed by atoms with Crippen LogP contribution in [0.25, 0.3) is 0 Å². The van der Waals surface area contributed by atoms with Crippen LogP contribution in [-0.2, 0) is 19.7 Å². The van der Waals surface area contributed by atoms with Gasteiger partial charge < -0.3 is 19.5 Å². The zero-order valence-electron chi connectivity index (χ0n) is 16.1. The lowest BCUT2D eigenvalue weighted by atomic mass is 9.73. The monoisotopic (exact) mass is 403 g/mol. The topological polar surface area (TPSA) is 56.8 Å². The molecule has 1 amide bonds. The summed E-state index contributed by atoms with van der Waals surface area (Å²) in [7, 11) is 0. The minimum Gasteiger partial charge on any atom is -0.491 e. The first kappa shape index (κ1) is 20.6. The Morgan fingerprint density at radius 3 is 2.50 bits per heavy atom. The van der Waals surface area contributed by atoms with Crippen molar-refractivity contribution in [3.63, 3.8) is 0 Å². The molecule has 5 nitrogen and oxygen atoms in total. The third-order valence-corrected chi connectivity index (χ3v) is 5.31. The van der Waals surface area contributed by atoms with Crippen molar-refractivity contribution in [2.24, 2.45) is 0 Å². The summed E-state index contributed by atoms with van der Waals surface area (Å²) >= 11 is 6.44. The van der Waals surface area contributed by atoms with Gasteiger partial charge in [0.25, 0.3) is 0 Å². The number of carbonyl (C=O) groups excluding carboxylic acids is 1. The third kappa shape index (κ3) is 4.85. The molecule has 0 saturated carbocycles. The smallest absolute Gasteiger partial charge is 0.235 e.